The number of imide groups is 1. The van der Waals surface area contributed by atoms with Gasteiger partial charge in [-0.3, -0.25) is 9.69 Å². The topological polar surface area (TPSA) is 40.6 Å². The zero-order chi connectivity index (χ0) is 13.1. The van der Waals surface area contributed by atoms with E-state index in [-0.39, 0.29) is 18.0 Å². The van der Waals surface area contributed by atoms with Crippen molar-refractivity contribution in [1.82, 2.24) is 9.80 Å². The summed E-state index contributed by atoms with van der Waals surface area (Å²) in [6.45, 7) is 2.36. The molecule has 2 atom stereocenters. The van der Waals surface area contributed by atoms with E-state index in [0.29, 0.717) is 6.54 Å². The lowest BCUT2D eigenvalue weighted by Gasteiger charge is -2.14. The predicted octanol–water partition coefficient (Wildman–Crippen LogP) is 2.59. The van der Waals surface area contributed by atoms with Crippen molar-refractivity contribution in [2.75, 3.05) is 19.3 Å². The summed E-state index contributed by atoms with van der Waals surface area (Å²) in [6.07, 6.45) is 4.54. The van der Waals surface area contributed by atoms with Crippen molar-refractivity contribution in [3.8, 4) is 0 Å². The molecule has 2 aliphatic heterocycles. The Kier molecular flexibility index (Phi) is 4.84. The van der Waals surface area contributed by atoms with Crippen molar-refractivity contribution in [1.29, 1.82) is 0 Å². The smallest absolute Gasteiger partial charge is 0.316 e. The van der Waals surface area contributed by atoms with Gasteiger partial charge in [-0.05, 0) is 26.2 Å². The summed E-state index contributed by atoms with van der Waals surface area (Å²) in [7, 11) is 5.64. The van der Waals surface area contributed by atoms with Crippen LogP contribution < -0.4 is 0 Å². The standard InChI is InChI=1S/C12H20N2O2S2/c1-9-11(15)14(12(16)13(9)2)7-4-3-5-10-6-8-17-18-10/h9-10H,3-8H2,1-2H3/t9-,10?/m0/s1. The number of unbranched alkanes of at least 4 members (excludes halogenated alkanes) is 1. The minimum absolute atomic E-state index is 0.0479. The highest BCUT2D eigenvalue weighted by Crippen LogP contribution is 2.39. The molecule has 6 heteroatoms. The second kappa shape index (κ2) is 6.19. The Morgan fingerprint density at radius 1 is 1.33 bits per heavy atom. The van der Waals surface area contributed by atoms with Crippen LogP contribution in [0.2, 0.25) is 0 Å². The molecule has 2 saturated heterocycles. The summed E-state index contributed by atoms with van der Waals surface area (Å²) in [4.78, 5) is 26.6. The number of hydrogen-bond acceptors (Lipinski definition) is 4. The Bertz CT molecular complexity index is 312. The second-order valence-electron chi connectivity index (χ2n) is 4.88. The molecule has 3 amide bonds. The second-order valence-corrected chi connectivity index (χ2v) is 7.67. The monoisotopic (exact) mass is 288 g/mol. The molecule has 0 bridgehead atoms. The maximum atomic E-state index is 11.8. The predicted molar refractivity (Wildman–Crippen MR) is 76.6 cm³/mol. The van der Waals surface area contributed by atoms with Crippen molar-refractivity contribution in [2.24, 2.45) is 0 Å². The van der Waals surface area contributed by atoms with E-state index in [1.165, 1.54) is 28.4 Å². The molecular weight excluding hydrogens is 268 g/mol. The van der Waals surface area contributed by atoms with Crippen LogP contribution in [0.5, 0.6) is 0 Å². The molecule has 1 unspecified atom stereocenters. The zero-order valence-corrected chi connectivity index (χ0v) is 12.6. The molecule has 0 spiro atoms. The van der Waals surface area contributed by atoms with Crippen molar-refractivity contribution >= 4 is 33.5 Å². The lowest BCUT2D eigenvalue weighted by Crippen LogP contribution is -2.32. The first kappa shape index (κ1) is 14.1. The first-order chi connectivity index (χ1) is 8.61. The van der Waals surface area contributed by atoms with Crippen molar-refractivity contribution in [2.45, 2.75) is 43.9 Å². The van der Waals surface area contributed by atoms with Gasteiger partial charge in [0.1, 0.15) is 6.04 Å². The van der Waals surface area contributed by atoms with Crippen molar-refractivity contribution in [3.63, 3.8) is 0 Å². The fraction of sp³-hybridized carbons (Fsp3) is 0.833. The average Bonchev–Trinajstić information content (AvgIpc) is 2.93. The summed E-state index contributed by atoms with van der Waals surface area (Å²) < 4.78 is 0. The van der Waals surface area contributed by atoms with Crippen LogP contribution in [0.15, 0.2) is 0 Å². The number of carbonyl (C=O) groups is 2. The summed E-state index contributed by atoms with van der Waals surface area (Å²) in [5.74, 6) is 1.22. The van der Waals surface area contributed by atoms with Gasteiger partial charge in [0.2, 0.25) is 0 Å². The number of carbonyl (C=O) groups excluding carboxylic acids is 2. The molecule has 102 valence electrons. The van der Waals surface area contributed by atoms with Gasteiger partial charge in [-0.25, -0.2) is 4.79 Å². The third-order valence-electron chi connectivity index (χ3n) is 3.62. The van der Waals surface area contributed by atoms with E-state index < -0.39 is 0 Å². The van der Waals surface area contributed by atoms with Crippen LogP contribution in [0, 0.1) is 0 Å². The van der Waals surface area contributed by atoms with Gasteiger partial charge in [0, 0.05) is 24.6 Å². The van der Waals surface area contributed by atoms with Crippen molar-refractivity contribution < 1.29 is 9.59 Å². The lowest BCUT2D eigenvalue weighted by atomic mass is 10.1. The van der Waals surface area contributed by atoms with Gasteiger partial charge in [0.15, 0.2) is 0 Å². The van der Waals surface area contributed by atoms with Crippen LogP contribution in [0.4, 0.5) is 4.79 Å². The summed E-state index contributed by atoms with van der Waals surface area (Å²) in [6, 6.07) is -0.433. The molecular formula is C12H20N2O2S2. The molecule has 0 N–H and O–H groups in total. The lowest BCUT2D eigenvalue weighted by molar-refractivity contribution is -0.127. The molecule has 2 fully saturated rings. The van der Waals surface area contributed by atoms with E-state index >= 15 is 0 Å². The Hall–Kier alpha value is -0.360. The maximum absolute atomic E-state index is 11.8. The fourth-order valence-electron chi connectivity index (χ4n) is 2.25. The number of likely N-dealkylation sites (N-methyl/N-ethyl adjacent to an activating group) is 1. The van der Waals surface area contributed by atoms with Crippen LogP contribution in [-0.2, 0) is 4.79 Å². The van der Waals surface area contributed by atoms with E-state index in [4.69, 9.17) is 0 Å². The minimum Gasteiger partial charge on any atom is -0.316 e. The van der Waals surface area contributed by atoms with E-state index in [1.54, 1.807) is 14.0 Å². The Morgan fingerprint density at radius 2 is 2.11 bits per heavy atom. The van der Waals surface area contributed by atoms with Crippen molar-refractivity contribution in [3.05, 3.63) is 0 Å². The largest absolute Gasteiger partial charge is 0.327 e. The molecule has 2 rings (SSSR count). The Labute approximate surface area is 116 Å². The molecule has 0 aliphatic carbocycles. The summed E-state index contributed by atoms with van der Waals surface area (Å²) in [5.41, 5.74) is 0. The number of rotatable bonds is 5. The highest BCUT2D eigenvalue weighted by atomic mass is 33.1. The number of urea groups is 1. The van der Waals surface area contributed by atoms with Crippen LogP contribution in [-0.4, -0.2) is 52.4 Å². The highest BCUT2D eigenvalue weighted by molar-refractivity contribution is 8.77. The van der Waals surface area contributed by atoms with E-state index in [9.17, 15) is 9.59 Å². The number of amides is 3. The van der Waals surface area contributed by atoms with Crippen LogP contribution in [0.3, 0.4) is 0 Å². The van der Waals surface area contributed by atoms with Crippen LogP contribution >= 0.6 is 21.6 Å². The molecule has 0 aromatic carbocycles. The van der Waals surface area contributed by atoms with Gasteiger partial charge in [0.05, 0.1) is 0 Å². The first-order valence-corrected chi connectivity index (χ1v) is 8.86. The van der Waals surface area contributed by atoms with Gasteiger partial charge in [-0.15, -0.1) is 0 Å². The van der Waals surface area contributed by atoms with Gasteiger partial charge in [-0.1, -0.05) is 28.0 Å². The SMILES string of the molecule is C[C@H]1C(=O)N(CCCCC2CCSS2)C(=O)N1C. The minimum atomic E-state index is -0.292. The zero-order valence-electron chi connectivity index (χ0n) is 10.9. The third-order valence-corrected chi connectivity index (χ3v) is 6.63. The summed E-state index contributed by atoms with van der Waals surface area (Å²) >= 11 is 0. The van der Waals surface area contributed by atoms with Crippen LogP contribution in [0.25, 0.3) is 0 Å². The third kappa shape index (κ3) is 2.96. The maximum Gasteiger partial charge on any atom is 0.327 e. The molecule has 0 aromatic rings. The van der Waals surface area contributed by atoms with Gasteiger partial charge >= 0.3 is 6.03 Å². The molecule has 4 nitrogen and oxygen atoms in total. The first-order valence-electron chi connectivity index (χ1n) is 6.47. The number of hydrogen-bond donors (Lipinski definition) is 0. The molecule has 2 heterocycles. The highest BCUT2D eigenvalue weighted by Gasteiger charge is 2.39. The Balaban J connectivity index is 1.70. The molecule has 2 aliphatic rings. The van der Waals surface area contributed by atoms with Gasteiger partial charge < -0.3 is 4.90 Å². The normalized spacial score (nSPS) is 28.6. The molecule has 0 radical (unpaired) electrons. The van der Waals surface area contributed by atoms with Gasteiger partial charge in [-0.2, -0.15) is 0 Å². The van der Waals surface area contributed by atoms with E-state index in [2.05, 4.69) is 0 Å². The quantitative estimate of drug-likeness (QED) is 0.443. The van der Waals surface area contributed by atoms with E-state index in [1.807, 2.05) is 21.6 Å². The molecule has 0 saturated carbocycles. The summed E-state index contributed by atoms with van der Waals surface area (Å²) in [5, 5.41) is 0.779. The average molecular weight is 288 g/mol. The number of nitrogens with zero attached hydrogens (tertiary/aromatic N) is 2. The van der Waals surface area contributed by atoms with Gasteiger partial charge in [0.25, 0.3) is 5.91 Å². The van der Waals surface area contributed by atoms with E-state index in [0.717, 1.165) is 18.1 Å². The Morgan fingerprint density at radius 3 is 2.67 bits per heavy atom. The molecule has 18 heavy (non-hydrogen) atoms. The molecule has 0 aromatic heterocycles. The fourth-order valence-corrected chi connectivity index (χ4v) is 5.28. The van der Waals surface area contributed by atoms with Crippen LogP contribution in [0.1, 0.15) is 32.6 Å².